The first-order valence-corrected chi connectivity index (χ1v) is 7.46. The Bertz CT molecular complexity index is 661. The molecule has 0 bridgehead atoms. The van der Waals surface area contributed by atoms with E-state index in [0.717, 1.165) is 31.2 Å². The zero-order valence-electron chi connectivity index (χ0n) is 13.2. The first-order valence-electron chi connectivity index (χ1n) is 7.46. The molecule has 2 aromatic rings. The highest BCUT2D eigenvalue weighted by atomic mass is 16.2. The number of amides is 1. The maximum atomic E-state index is 12.6. The quantitative estimate of drug-likeness (QED) is 0.862. The van der Waals surface area contributed by atoms with E-state index in [2.05, 4.69) is 9.97 Å². The van der Waals surface area contributed by atoms with Gasteiger partial charge in [-0.3, -0.25) is 4.79 Å². The van der Waals surface area contributed by atoms with Crippen molar-refractivity contribution in [1.82, 2.24) is 19.4 Å². The molecule has 0 radical (unpaired) electrons. The van der Waals surface area contributed by atoms with Gasteiger partial charge >= 0.3 is 0 Å². The summed E-state index contributed by atoms with van der Waals surface area (Å²) in [5, 5.41) is 0. The number of carbonyl (C=O) groups is 1. The van der Waals surface area contributed by atoms with E-state index in [9.17, 15) is 4.79 Å². The Labute approximate surface area is 130 Å². The molecule has 1 fully saturated rings. The topological polar surface area (TPSA) is 54.3 Å². The molecule has 1 aliphatic rings. The van der Waals surface area contributed by atoms with E-state index in [1.807, 2.05) is 60.0 Å². The molecule has 0 aliphatic carbocycles. The molecule has 6 nitrogen and oxygen atoms in total. The highest BCUT2D eigenvalue weighted by molar-refractivity contribution is 5.94. The molecule has 116 valence electrons. The van der Waals surface area contributed by atoms with Gasteiger partial charge in [0.1, 0.15) is 11.6 Å². The molecule has 1 atom stereocenters. The molecule has 1 saturated heterocycles. The van der Waals surface area contributed by atoms with Gasteiger partial charge in [-0.1, -0.05) is 0 Å². The second-order valence-electron chi connectivity index (χ2n) is 5.93. The summed E-state index contributed by atoms with van der Waals surface area (Å²) in [4.78, 5) is 25.1. The molecule has 0 spiro atoms. The lowest BCUT2D eigenvalue weighted by Gasteiger charge is -2.17. The van der Waals surface area contributed by atoms with E-state index in [0.29, 0.717) is 11.5 Å². The van der Waals surface area contributed by atoms with E-state index in [-0.39, 0.29) is 5.91 Å². The van der Waals surface area contributed by atoms with Crippen LogP contribution in [-0.2, 0) is 7.05 Å². The number of rotatable bonds is 3. The molecule has 22 heavy (non-hydrogen) atoms. The van der Waals surface area contributed by atoms with Crippen molar-refractivity contribution in [2.24, 2.45) is 7.05 Å². The number of anilines is 1. The molecular formula is C16H21N5O. The van der Waals surface area contributed by atoms with Crippen LogP contribution in [0.25, 0.3) is 0 Å². The number of imidazole rings is 1. The maximum Gasteiger partial charge on any atom is 0.255 e. The number of hydrogen-bond acceptors (Lipinski definition) is 4. The van der Waals surface area contributed by atoms with Crippen LogP contribution >= 0.6 is 0 Å². The largest absolute Gasteiger partial charge is 0.363 e. The van der Waals surface area contributed by atoms with E-state index in [1.54, 1.807) is 6.20 Å². The zero-order chi connectivity index (χ0) is 15.7. The van der Waals surface area contributed by atoms with Crippen LogP contribution in [0.1, 0.15) is 28.5 Å². The molecule has 0 aromatic carbocycles. The van der Waals surface area contributed by atoms with Crippen molar-refractivity contribution in [2.45, 2.75) is 12.3 Å². The summed E-state index contributed by atoms with van der Waals surface area (Å²) < 4.78 is 2.03. The van der Waals surface area contributed by atoms with Gasteiger partial charge in [0.25, 0.3) is 5.91 Å². The summed E-state index contributed by atoms with van der Waals surface area (Å²) in [6, 6.07) is 3.72. The highest BCUT2D eigenvalue weighted by Crippen LogP contribution is 2.26. The maximum absolute atomic E-state index is 12.6. The lowest BCUT2D eigenvalue weighted by molar-refractivity contribution is 0.0790. The monoisotopic (exact) mass is 299 g/mol. The summed E-state index contributed by atoms with van der Waals surface area (Å²) in [7, 11) is 5.86. The number of aromatic nitrogens is 3. The van der Waals surface area contributed by atoms with Crippen molar-refractivity contribution in [3.63, 3.8) is 0 Å². The number of likely N-dealkylation sites (tertiary alicyclic amines) is 1. The van der Waals surface area contributed by atoms with Gasteiger partial charge in [0.15, 0.2) is 0 Å². The molecule has 3 heterocycles. The van der Waals surface area contributed by atoms with Crippen LogP contribution in [0.4, 0.5) is 5.82 Å². The number of nitrogens with zero attached hydrogens (tertiary/aromatic N) is 5. The molecule has 6 heteroatoms. The van der Waals surface area contributed by atoms with Crippen LogP contribution in [-0.4, -0.2) is 52.5 Å². The molecule has 2 aromatic heterocycles. The van der Waals surface area contributed by atoms with Gasteiger partial charge in [0, 0.05) is 58.7 Å². The lowest BCUT2D eigenvalue weighted by Crippen LogP contribution is -2.29. The van der Waals surface area contributed by atoms with Gasteiger partial charge in [0.2, 0.25) is 0 Å². The Hall–Kier alpha value is -2.37. The predicted molar refractivity (Wildman–Crippen MR) is 85.0 cm³/mol. The van der Waals surface area contributed by atoms with Crippen molar-refractivity contribution >= 4 is 11.7 Å². The van der Waals surface area contributed by atoms with Crippen LogP contribution in [0, 0.1) is 0 Å². The highest BCUT2D eigenvalue weighted by Gasteiger charge is 2.30. The first-order chi connectivity index (χ1) is 10.6. The number of carbonyl (C=O) groups excluding carboxylic acids is 1. The summed E-state index contributed by atoms with van der Waals surface area (Å²) in [6.07, 6.45) is 6.37. The van der Waals surface area contributed by atoms with Gasteiger partial charge in [-0.15, -0.1) is 0 Å². The minimum Gasteiger partial charge on any atom is -0.363 e. The minimum atomic E-state index is 0.0505. The number of aryl methyl sites for hydroxylation is 1. The standard InChI is InChI=1S/C16H21N5O/c1-19(2)14-5-4-12(10-18-14)16(22)21-8-6-13(11-21)15-17-7-9-20(15)3/h4-5,7,9-10,13H,6,8,11H2,1-3H3. The third kappa shape index (κ3) is 2.68. The Balaban J connectivity index is 1.70. The van der Waals surface area contributed by atoms with Crippen molar-refractivity contribution in [3.05, 3.63) is 42.1 Å². The van der Waals surface area contributed by atoms with E-state index in [4.69, 9.17) is 0 Å². The van der Waals surface area contributed by atoms with Gasteiger partial charge in [0.05, 0.1) is 5.56 Å². The van der Waals surface area contributed by atoms with Crippen molar-refractivity contribution in [2.75, 3.05) is 32.1 Å². The lowest BCUT2D eigenvalue weighted by atomic mass is 10.1. The van der Waals surface area contributed by atoms with Crippen molar-refractivity contribution in [1.29, 1.82) is 0 Å². The molecule has 3 rings (SSSR count). The summed E-state index contributed by atoms with van der Waals surface area (Å²) in [5.74, 6) is 2.27. The second kappa shape index (κ2) is 5.79. The van der Waals surface area contributed by atoms with Gasteiger partial charge < -0.3 is 14.4 Å². The zero-order valence-corrected chi connectivity index (χ0v) is 13.2. The van der Waals surface area contributed by atoms with Gasteiger partial charge in [-0.05, 0) is 18.6 Å². The second-order valence-corrected chi connectivity index (χ2v) is 5.93. The molecule has 1 amide bonds. The fourth-order valence-corrected chi connectivity index (χ4v) is 2.89. The third-order valence-corrected chi connectivity index (χ3v) is 4.15. The van der Waals surface area contributed by atoms with Gasteiger partial charge in [-0.25, -0.2) is 9.97 Å². The summed E-state index contributed by atoms with van der Waals surface area (Å²) in [5.41, 5.74) is 0.645. The van der Waals surface area contributed by atoms with Crippen LogP contribution in [0.2, 0.25) is 0 Å². The van der Waals surface area contributed by atoms with Gasteiger partial charge in [-0.2, -0.15) is 0 Å². The van der Waals surface area contributed by atoms with Crippen LogP contribution in [0.15, 0.2) is 30.7 Å². The normalized spacial score (nSPS) is 17.8. The Morgan fingerprint density at radius 3 is 2.73 bits per heavy atom. The van der Waals surface area contributed by atoms with Crippen LogP contribution < -0.4 is 4.90 Å². The molecule has 1 unspecified atom stereocenters. The first kappa shape index (κ1) is 14.6. The average Bonchev–Trinajstić information content (AvgIpc) is 3.15. The third-order valence-electron chi connectivity index (χ3n) is 4.15. The molecule has 0 N–H and O–H groups in total. The molecule has 1 aliphatic heterocycles. The Morgan fingerprint density at radius 1 is 1.32 bits per heavy atom. The Morgan fingerprint density at radius 2 is 2.14 bits per heavy atom. The average molecular weight is 299 g/mol. The molecule has 0 saturated carbocycles. The van der Waals surface area contributed by atoms with Crippen molar-refractivity contribution < 1.29 is 4.79 Å². The fraction of sp³-hybridized carbons (Fsp3) is 0.438. The van der Waals surface area contributed by atoms with Crippen molar-refractivity contribution in [3.8, 4) is 0 Å². The van der Waals surface area contributed by atoms with Crippen LogP contribution in [0.5, 0.6) is 0 Å². The minimum absolute atomic E-state index is 0.0505. The van der Waals surface area contributed by atoms with E-state index in [1.165, 1.54) is 0 Å². The van der Waals surface area contributed by atoms with E-state index >= 15 is 0 Å². The smallest absolute Gasteiger partial charge is 0.255 e. The predicted octanol–water partition coefficient (Wildman–Crippen LogP) is 1.51. The Kier molecular flexibility index (Phi) is 3.83. The van der Waals surface area contributed by atoms with E-state index < -0.39 is 0 Å². The SMILES string of the molecule is CN(C)c1ccc(C(=O)N2CCC(c3nccn3C)C2)cn1. The number of pyridine rings is 1. The summed E-state index contributed by atoms with van der Waals surface area (Å²) >= 11 is 0. The summed E-state index contributed by atoms with van der Waals surface area (Å²) in [6.45, 7) is 1.49. The molecular weight excluding hydrogens is 278 g/mol. The fourth-order valence-electron chi connectivity index (χ4n) is 2.89. The number of hydrogen-bond donors (Lipinski definition) is 0. The van der Waals surface area contributed by atoms with Crippen LogP contribution in [0.3, 0.4) is 0 Å².